The molecule has 4 rings (SSSR count). The second kappa shape index (κ2) is 6.07. The molecule has 4 aromatic rings. The number of benzene rings is 1. The number of hydrogen-bond acceptors (Lipinski definition) is 4. The van der Waals surface area contributed by atoms with Crippen LogP contribution in [0.15, 0.2) is 54.2 Å². The summed E-state index contributed by atoms with van der Waals surface area (Å²) in [6.45, 7) is 0. The molecule has 5 nitrogen and oxygen atoms in total. The van der Waals surface area contributed by atoms with Crippen molar-refractivity contribution in [1.29, 1.82) is 0 Å². The number of halogens is 1. The second-order valence-electron chi connectivity index (χ2n) is 5.15. The molecule has 0 unspecified atom stereocenters. The Bertz CT molecular complexity index is 1030. The standard InChI is InChI=1S/C17H11ClN4OS/c18-15-7-11(9-24-15)17(23)20-12-1-2-13-14(8-12)22-16(21-13)10-3-5-19-6-4-10/h1-9H,(H,20,23)(H,21,22). The van der Waals surface area contributed by atoms with Gasteiger partial charge in [-0.05, 0) is 36.4 Å². The molecule has 2 N–H and O–H groups in total. The first kappa shape index (κ1) is 14.9. The number of imidazole rings is 1. The van der Waals surface area contributed by atoms with Crippen molar-refractivity contribution in [3.8, 4) is 11.4 Å². The molecule has 24 heavy (non-hydrogen) atoms. The lowest BCUT2D eigenvalue weighted by Gasteiger charge is -2.03. The van der Waals surface area contributed by atoms with Gasteiger partial charge in [-0.25, -0.2) is 4.98 Å². The third kappa shape index (κ3) is 2.89. The highest BCUT2D eigenvalue weighted by atomic mass is 35.5. The van der Waals surface area contributed by atoms with Crippen LogP contribution in [0.5, 0.6) is 0 Å². The van der Waals surface area contributed by atoms with Crippen molar-refractivity contribution in [2.45, 2.75) is 0 Å². The van der Waals surface area contributed by atoms with Crippen molar-refractivity contribution < 1.29 is 4.79 Å². The summed E-state index contributed by atoms with van der Waals surface area (Å²) in [5.74, 6) is 0.576. The maximum atomic E-state index is 12.2. The molecule has 118 valence electrons. The van der Waals surface area contributed by atoms with Gasteiger partial charge in [0.15, 0.2) is 0 Å². The van der Waals surface area contributed by atoms with E-state index in [0.29, 0.717) is 15.6 Å². The number of aromatic nitrogens is 3. The zero-order valence-corrected chi connectivity index (χ0v) is 13.9. The summed E-state index contributed by atoms with van der Waals surface area (Å²) in [5.41, 5.74) is 3.88. The molecule has 1 amide bonds. The lowest BCUT2D eigenvalue weighted by atomic mass is 10.2. The van der Waals surface area contributed by atoms with Crippen molar-refractivity contribution in [1.82, 2.24) is 15.0 Å². The number of carbonyl (C=O) groups excluding carboxylic acids is 1. The van der Waals surface area contributed by atoms with Crippen LogP contribution in [0.1, 0.15) is 10.4 Å². The van der Waals surface area contributed by atoms with Gasteiger partial charge in [-0.1, -0.05) is 11.6 Å². The lowest BCUT2D eigenvalue weighted by Crippen LogP contribution is -2.10. The Morgan fingerprint density at radius 3 is 2.75 bits per heavy atom. The number of H-pyrrole nitrogens is 1. The minimum atomic E-state index is -0.189. The Kier molecular flexibility index (Phi) is 3.76. The van der Waals surface area contributed by atoms with Crippen molar-refractivity contribution in [2.75, 3.05) is 5.32 Å². The normalized spacial score (nSPS) is 10.9. The number of nitrogens with zero attached hydrogens (tertiary/aromatic N) is 2. The zero-order chi connectivity index (χ0) is 16.5. The summed E-state index contributed by atoms with van der Waals surface area (Å²) in [6, 6.07) is 11.0. The predicted octanol–water partition coefficient (Wildman–Crippen LogP) is 4.59. The molecule has 0 fully saturated rings. The molecule has 1 aromatic carbocycles. The van der Waals surface area contributed by atoms with Crippen LogP contribution in [0, 0.1) is 0 Å². The molecule has 3 aromatic heterocycles. The first-order valence-corrected chi connectivity index (χ1v) is 8.40. The number of pyridine rings is 1. The molecule has 0 radical (unpaired) electrons. The average molecular weight is 355 g/mol. The highest BCUT2D eigenvalue weighted by Gasteiger charge is 2.10. The van der Waals surface area contributed by atoms with Gasteiger partial charge >= 0.3 is 0 Å². The lowest BCUT2D eigenvalue weighted by molar-refractivity contribution is 0.102. The van der Waals surface area contributed by atoms with Crippen LogP contribution in [0.25, 0.3) is 22.4 Å². The Hall–Kier alpha value is -2.70. The first-order valence-electron chi connectivity index (χ1n) is 7.14. The summed E-state index contributed by atoms with van der Waals surface area (Å²) in [7, 11) is 0. The highest BCUT2D eigenvalue weighted by Crippen LogP contribution is 2.24. The largest absolute Gasteiger partial charge is 0.338 e. The smallest absolute Gasteiger partial charge is 0.256 e. The van der Waals surface area contributed by atoms with Crippen LogP contribution < -0.4 is 5.32 Å². The first-order chi connectivity index (χ1) is 11.7. The number of anilines is 1. The molecular formula is C17H11ClN4OS. The van der Waals surface area contributed by atoms with E-state index in [-0.39, 0.29) is 5.91 Å². The molecule has 3 heterocycles. The maximum absolute atomic E-state index is 12.2. The third-order valence-corrected chi connectivity index (χ3v) is 4.61. The fourth-order valence-corrected chi connectivity index (χ4v) is 3.23. The molecular weight excluding hydrogens is 344 g/mol. The molecule has 0 aliphatic rings. The topological polar surface area (TPSA) is 70.7 Å². The van der Waals surface area contributed by atoms with Crippen molar-refractivity contribution in [3.63, 3.8) is 0 Å². The molecule has 0 spiro atoms. The Balaban J connectivity index is 1.62. The molecule has 0 saturated heterocycles. The van der Waals surface area contributed by atoms with E-state index in [2.05, 4.69) is 20.3 Å². The Morgan fingerprint density at radius 2 is 2.00 bits per heavy atom. The van der Waals surface area contributed by atoms with Gasteiger partial charge in [0.2, 0.25) is 0 Å². The average Bonchev–Trinajstić information content (AvgIpc) is 3.21. The van der Waals surface area contributed by atoms with Gasteiger partial charge in [0.1, 0.15) is 5.82 Å². The van der Waals surface area contributed by atoms with E-state index in [1.54, 1.807) is 23.8 Å². The van der Waals surface area contributed by atoms with Crippen LogP contribution in [-0.4, -0.2) is 20.9 Å². The molecule has 0 atom stereocenters. The molecule has 0 aliphatic heterocycles. The highest BCUT2D eigenvalue weighted by molar-refractivity contribution is 7.14. The summed E-state index contributed by atoms with van der Waals surface area (Å²) < 4.78 is 0.589. The fourth-order valence-electron chi connectivity index (χ4n) is 2.37. The van der Waals surface area contributed by atoms with E-state index in [9.17, 15) is 4.79 Å². The van der Waals surface area contributed by atoms with Crippen LogP contribution in [0.3, 0.4) is 0 Å². The molecule has 0 aliphatic carbocycles. The number of hydrogen-bond donors (Lipinski definition) is 2. The quantitative estimate of drug-likeness (QED) is 0.565. The molecule has 0 bridgehead atoms. The number of aromatic amines is 1. The minimum absolute atomic E-state index is 0.189. The zero-order valence-electron chi connectivity index (χ0n) is 12.3. The molecule has 7 heteroatoms. The van der Waals surface area contributed by atoms with Crippen LogP contribution >= 0.6 is 22.9 Å². The van der Waals surface area contributed by atoms with Crippen LogP contribution in [-0.2, 0) is 0 Å². The number of rotatable bonds is 3. The Labute approximate surface area is 146 Å². The molecule has 0 saturated carbocycles. The predicted molar refractivity (Wildman–Crippen MR) is 96.6 cm³/mol. The van der Waals surface area contributed by atoms with Gasteiger partial charge in [-0.2, -0.15) is 0 Å². The number of carbonyl (C=O) groups is 1. The third-order valence-electron chi connectivity index (χ3n) is 3.52. The van der Waals surface area contributed by atoms with E-state index >= 15 is 0 Å². The summed E-state index contributed by atoms with van der Waals surface area (Å²) in [5, 5.41) is 4.59. The van der Waals surface area contributed by atoms with Crippen LogP contribution in [0.2, 0.25) is 4.34 Å². The van der Waals surface area contributed by atoms with Gasteiger partial charge in [-0.3, -0.25) is 9.78 Å². The summed E-state index contributed by atoms with van der Waals surface area (Å²) >= 11 is 7.20. The summed E-state index contributed by atoms with van der Waals surface area (Å²) in [6.07, 6.45) is 3.44. The van der Waals surface area contributed by atoms with Crippen LogP contribution in [0.4, 0.5) is 5.69 Å². The SMILES string of the molecule is O=C(Nc1ccc2nc(-c3ccncc3)[nH]c2c1)c1csc(Cl)c1. The van der Waals surface area contributed by atoms with E-state index < -0.39 is 0 Å². The number of nitrogens with one attached hydrogen (secondary N) is 2. The van der Waals surface area contributed by atoms with Gasteiger partial charge in [0, 0.05) is 29.0 Å². The van der Waals surface area contributed by atoms with Gasteiger partial charge in [0.05, 0.1) is 20.9 Å². The van der Waals surface area contributed by atoms with E-state index in [0.717, 1.165) is 22.4 Å². The van der Waals surface area contributed by atoms with Crippen molar-refractivity contribution in [2.24, 2.45) is 0 Å². The maximum Gasteiger partial charge on any atom is 0.256 e. The summed E-state index contributed by atoms with van der Waals surface area (Å²) in [4.78, 5) is 24.0. The van der Waals surface area contributed by atoms with Gasteiger partial charge in [-0.15, -0.1) is 11.3 Å². The van der Waals surface area contributed by atoms with E-state index in [1.165, 1.54) is 11.3 Å². The fraction of sp³-hybridized carbons (Fsp3) is 0. The number of amides is 1. The van der Waals surface area contributed by atoms with Crippen molar-refractivity contribution >= 4 is 45.6 Å². The monoisotopic (exact) mass is 354 g/mol. The van der Waals surface area contributed by atoms with Crippen molar-refractivity contribution in [3.05, 3.63) is 64.1 Å². The number of thiophene rings is 1. The van der Waals surface area contributed by atoms with Gasteiger partial charge in [0.25, 0.3) is 5.91 Å². The Morgan fingerprint density at radius 1 is 1.17 bits per heavy atom. The van der Waals surface area contributed by atoms with E-state index in [4.69, 9.17) is 11.6 Å². The number of fused-ring (bicyclic) bond motifs is 1. The second-order valence-corrected chi connectivity index (χ2v) is 6.69. The minimum Gasteiger partial charge on any atom is -0.338 e. The van der Waals surface area contributed by atoms with E-state index in [1.807, 2.05) is 30.3 Å². The van der Waals surface area contributed by atoms with Gasteiger partial charge < -0.3 is 10.3 Å².